The second-order valence-electron chi connectivity index (χ2n) is 5.57. The number of carboxylic acid groups (broad SMARTS) is 1. The van der Waals surface area contributed by atoms with E-state index in [0.29, 0.717) is 5.56 Å². The van der Waals surface area contributed by atoms with Crippen molar-refractivity contribution < 1.29 is 9.90 Å². The molecule has 0 saturated carbocycles. The Morgan fingerprint density at radius 1 is 1.44 bits per heavy atom. The molecule has 18 heavy (non-hydrogen) atoms. The van der Waals surface area contributed by atoms with Crippen molar-refractivity contribution >= 4 is 11.7 Å². The molecule has 0 saturated heterocycles. The zero-order valence-electron chi connectivity index (χ0n) is 11.2. The number of carbonyl (C=O) groups is 1. The van der Waals surface area contributed by atoms with Crippen LogP contribution < -0.4 is 4.90 Å². The van der Waals surface area contributed by atoms with E-state index in [1.165, 1.54) is 12.1 Å². The average Bonchev–Trinajstić information content (AvgIpc) is 2.25. The summed E-state index contributed by atoms with van der Waals surface area (Å²) in [5, 5.41) is 18.0. The standard InChI is InChI=1S/C14H18N2O2/c1-14(2,3)9-16(4)12-6-5-10(13(17)18)7-11(12)8-15/h5-7H,9H2,1-4H3,(H,17,18). The van der Waals surface area contributed by atoms with Crippen LogP contribution in [0.5, 0.6) is 0 Å². The minimum Gasteiger partial charge on any atom is -0.478 e. The lowest BCUT2D eigenvalue weighted by molar-refractivity contribution is 0.0697. The SMILES string of the molecule is CN(CC(C)(C)C)c1ccc(C(=O)O)cc1C#N. The van der Waals surface area contributed by atoms with Gasteiger partial charge in [0, 0.05) is 13.6 Å². The number of hydrogen-bond donors (Lipinski definition) is 1. The Hall–Kier alpha value is -2.02. The van der Waals surface area contributed by atoms with Crippen LogP contribution in [-0.2, 0) is 0 Å². The van der Waals surface area contributed by atoms with Crippen molar-refractivity contribution in [3.63, 3.8) is 0 Å². The summed E-state index contributed by atoms with van der Waals surface area (Å²) in [6.07, 6.45) is 0. The van der Waals surface area contributed by atoms with Crippen LogP contribution in [0, 0.1) is 16.7 Å². The van der Waals surface area contributed by atoms with E-state index in [4.69, 9.17) is 10.4 Å². The molecule has 0 heterocycles. The Morgan fingerprint density at radius 2 is 2.06 bits per heavy atom. The first-order valence-electron chi connectivity index (χ1n) is 5.73. The Bertz CT molecular complexity index is 495. The summed E-state index contributed by atoms with van der Waals surface area (Å²) in [4.78, 5) is 12.8. The molecule has 0 aliphatic rings. The highest BCUT2D eigenvalue weighted by molar-refractivity contribution is 5.89. The van der Waals surface area contributed by atoms with Crippen molar-refractivity contribution in [2.45, 2.75) is 20.8 Å². The van der Waals surface area contributed by atoms with Crippen LogP contribution >= 0.6 is 0 Å². The molecule has 96 valence electrons. The molecule has 0 amide bonds. The van der Waals surface area contributed by atoms with Gasteiger partial charge in [0.2, 0.25) is 0 Å². The first-order valence-corrected chi connectivity index (χ1v) is 5.73. The zero-order chi connectivity index (χ0) is 13.9. The monoisotopic (exact) mass is 246 g/mol. The predicted molar refractivity (Wildman–Crippen MR) is 70.8 cm³/mol. The van der Waals surface area contributed by atoms with Crippen LogP contribution in [0.2, 0.25) is 0 Å². The molecule has 0 radical (unpaired) electrons. The lowest BCUT2D eigenvalue weighted by atomic mass is 9.95. The molecule has 1 N–H and O–H groups in total. The summed E-state index contributed by atoms with van der Waals surface area (Å²) in [5.41, 5.74) is 1.39. The molecule has 1 rings (SSSR count). The maximum Gasteiger partial charge on any atom is 0.335 e. The number of rotatable bonds is 3. The van der Waals surface area contributed by atoms with Gasteiger partial charge in [0.25, 0.3) is 0 Å². The molecular formula is C14H18N2O2. The highest BCUT2D eigenvalue weighted by atomic mass is 16.4. The highest BCUT2D eigenvalue weighted by Crippen LogP contribution is 2.24. The van der Waals surface area contributed by atoms with E-state index in [1.54, 1.807) is 6.07 Å². The van der Waals surface area contributed by atoms with Crippen molar-refractivity contribution in [1.82, 2.24) is 0 Å². The van der Waals surface area contributed by atoms with Crippen molar-refractivity contribution in [1.29, 1.82) is 5.26 Å². The van der Waals surface area contributed by atoms with Gasteiger partial charge < -0.3 is 10.0 Å². The molecule has 0 fully saturated rings. The van der Waals surface area contributed by atoms with Crippen molar-refractivity contribution in [2.75, 3.05) is 18.5 Å². The van der Waals surface area contributed by atoms with Gasteiger partial charge in [0.1, 0.15) is 6.07 Å². The number of benzene rings is 1. The molecule has 0 aromatic heterocycles. The Balaban J connectivity index is 3.11. The van der Waals surface area contributed by atoms with Gasteiger partial charge in [-0.1, -0.05) is 20.8 Å². The first-order chi connectivity index (χ1) is 8.24. The Kier molecular flexibility index (Phi) is 3.97. The van der Waals surface area contributed by atoms with Gasteiger partial charge >= 0.3 is 5.97 Å². The molecule has 0 atom stereocenters. The summed E-state index contributed by atoms with van der Waals surface area (Å²) >= 11 is 0. The van der Waals surface area contributed by atoms with Gasteiger partial charge in [-0.3, -0.25) is 0 Å². The molecule has 4 nitrogen and oxygen atoms in total. The van der Waals surface area contributed by atoms with E-state index < -0.39 is 5.97 Å². The number of anilines is 1. The van der Waals surface area contributed by atoms with E-state index in [9.17, 15) is 4.79 Å². The number of nitriles is 1. The predicted octanol–water partition coefficient (Wildman–Crippen LogP) is 2.74. The minimum absolute atomic E-state index is 0.104. The van der Waals surface area contributed by atoms with Gasteiger partial charge in [0.05, 0.1) is 16.8 Å². The molecule has 0 bridgehead atoms. The Labute approximate surface area is 107 Å². The summed E-state index contributed by atoms with van der Waals surface area (Å²) in [6.45, 7) is 7.12. The lowest BCUT2D eigenvalue weighted by Gasteiger charge is -2.28. The normalized spacial score (nSPS) is 10.8. The largest absolute Gasteiger partial charge is 0.478 e. The van der Waals surface area contributed by atoms with E-state index in [1.807, 2.05) is 11.9 Å². The molecule has 0 unspecified atom stereocenters. The molecular weight excluding hydrogens is 228 g/mol. The first kappa shape index (κ1) is 14.0. The van der Waals surface area contributed by atoms with Crippen molar-refractivity contribution in [3.05, 3.63) is 29.3 Å². The summed E-state index contributed by atoms with van der Waals surface area (Å²) in [6, 6.07) is 6.68. The van der Waals surface area contributed by atoms with E-state index >= 15 is 0 Å². The summed E-state index contributed by atoms with van der Waals surface area (Å²) in [5.74, 6) is -1.02. The maximum atomic E-state index is 10.9. The number of nitrogens with zero attached hydrogens (tertiary/aromatic N) is 2. The molecule has 0 aliphatic heterocycles. The molecule has 0 spiro atoms. The van der Waals surface area contributed by atoms with Gasteiger partial charge in [-0.15, -0.1) is 0 Å². The van der Waals surface area contributed by atoms with Crippen LogP contribution in [0.3, 0.4) is 0 Å². The van der Waals surface area contributed by atoms with E-state index in [-0.39, 0.29) is 11.0 Å². The number of carboxylic acids is 1. The van der Waals surface area contributed by atoms with Gasteiger partial charge in [0.15, 0.2) is 0 Å². The third kappa shape index (κ3) is 3.49. The van der Waals surface area contributed by atoms with Crippen LogP contribution in [0.4, 0.5) is 5.69 Å². The molecule has 1 aromatic carbocycles. The van der Waals surface area contributed by atoms with Gasteiger partial charge in [-0.05, 0) is 23.6 Å². The minimum atomic E-state index is -1.02. The molecule has 1 aromatic rings. The fraction of sp³-hybridized carbons (Fsp3) is 0.429. The summed E-state index contributed by atoms with van der Waals surface area (Å²) < 4.78 is 0. The third-order valence-electron chi connectivity index (χ3n) is 2.49. The average molecular weight is 246 g/mol. The van der Waals surface area contributed by atoms with E-state index in [2.05, 4.69) is 26.8 Å². The second-order valence-corrected chi connectivity index (χ2v) is 5.57. The number of hydrogen-bond acceptors (Lipinski definition) is 3. The van der Waals surface area contributed by atoms with Crippen molar-refractivity contribution in [2.24, 2.45) is 5.41 Å². The molecule has 0 aliphatic carbocycles. The van der Waals surface area contributed by atoms with Crippen molar-refractivity contribution in [3.8, 4) is 6.07 Å². The number of aromatic carboxylic acids is 1. The van der Waals surface area contributed by atoms with Crippen LogP contribution in [-0.4, -0.2) is 24.7 Å². The fourth-order valence-electron chi connectivity index (χ4n) is 1.89. The quantitative estimate of drug-likeness (QED) is 0.890. The van der Waals surface area contributed by atoms with E-state index in [0.717, 1.165) is 12.2 Å². The highest BCUT2D eigenvalue weighted by Gasteiger charge is 2.17. The smallest absolute Gasteiger partial charge is 0.335 e. The maximum absolute atomic E-state index is 10.9. The lowest BCUT2D eigenvalue weighted by Crippen LogP contribution is -2.29. The third-order valence-corrected chi connectivity index (χ3v) is 2.49. The fourth-order valence-corrected chi connectivity index (χ4v) is 1.89. The molecule has 4 heteroatoms. The van der Waals surface area contributed by atoms with Crippen LogP contribution in [0.1, 0.15) is 36.7 Å². The van der Waals surface area contributed by atoms with Crippen LogP contribution in [0.15, 0.2) is 18.2 Å². The summed E-state index contributed by atoms with van der Waals surface area (Å²) in [7, 11) is 1.90. The topological polar surface area (TPSA) is 64.3 Å². The zero-order valence-corrected chi connectivity index (χ0v) is 11.2. The van der Waals surface area contributed by atoms with Gasteiger partial charge in [-0.25, -0.2) is 4.79 Å². The van der Waals surface area contributed by atoms with Gasteiger partial charge in [-0.2, -0.15) is 5.26 Å². The Morgan fingerprint density at radius 3 is 2.50 bits per heavy atom. The van der Waals surface area contributed by atoms with Crippen LogP contribution in [0.25, 0.3) is 0 Å². The second kappa shape index (κ2) is 5.09.